The molecule has 0 radical (unpaired) electrons. The molecule has 4 atom stereocenters. The number of aromatic nitrogens is 4. The molecule has 0 aliphatic carbocycles. The Morgan fingerprint density at radius 1 is 0.979 bits per heavy atom. The van der Waals surface area contributed by atoms with Crippen LogP contribution >= 0.6 is 0 Å². The highest BCUT2D eigenvalue weighted by molar-refractivity contribution is 5.91. The summed E-state index contributed by atoms with van der Waals surface area (Å²) >= 11 is 0. The van der Waals surface area contributed by atoms with E-state index >= 15 is 0 Å². The van der Waals surface area contributed by atoms with Gasteiger partial charge in [-0.25, -0.2) is 9.87 Å². The van der Waals surface area contributed by atoms with Crippen molar-refractivity contribution in [1.29, 1.82) is 0 Å². The van der Waals surface area contributed by atoms with E-state index in [2.05, 4.69) is 20.3 Å². The Kier molecular flexibility index (Phi) is 9.04. The first kappa shape index (κ1) is 32.2. The monoisotopic (exact) mass is 639 g/mol. The second kappa shape index (κ2) is 13.2. The Labute approximate surface area is 271 Å². The van der Waals surface area contributed by atoms with Gasteiger partial charge in [-0.05, 0) is 16.7 Å². The maximum Gasteiger partial charge on any atom is 0.280 e. The van der Waals surface area contributed by atoms with E-state index in [1.54, 1.807) is 18.4 Å². The number of methoxy groups -OCH3 is 1. The third-order valence-electron chi connectivity index (χ3n) is 8.63. The molecule has 2 aromatic heterocycles. The minimum atomic E-state index is -1.84. The zero-order chi connectivity index (χ0) is 33.2. The fraction of sp³-hybridized carbons (Fsp3) is 0.314. The molecular formula is C35H37N5O7. The van der Waals surface area contributed by atoms with E-state index in [4.69, 9.17) is 19.2 Å². The number of ether oxygens (including phenoxy) is 2. The van der Waals surface area contributed by atoms with E-state index in [9.17, 15) is 14.7 Å². The lowest BCUT2D eigenvalue weighted by Crippen LogP contribution is -2.65. The van der Waals surface area contributed by atoms with Crippen LogP contribution in [0.25, 0.3) is 11.2 Å². The van der Waals surface area contributed by atoms with Crippen LogP contribution in [0, 0.1) is 5.92 Å². The highest BCUT2D eigenvalue weighted by Crippen LogP contribution is 2.54. The Morgan fingerprint density at radius 2 is 1.53 bits per heavy atom. The number of hydrogen-bond donors (Lipinski definition) is 3. The van der Waals surface area contributed by atoms with Crippen molar-refractivity contribution in [2.45, 2.75) is 49.9 Å². The van der Waals surface area contributed by atoms with Crippen molar-refractivity contribution >= 4 is 23.0 Å². The molecule has 5 aromatic rings. The number of nitrogens with zero attached hydrogens (tertiary/aromatic N) is 3. The van der Waals surface area contributed by atoms with Crippen LogP contribution in [0.15, 0.2) is 102 Å². The summed E-state index contributed by atoms with van der Waals surface area (Å²) in [6.45, 7) is 3.46. The largest absolute Gasteiger partial charge is 0.390 e. The van der Waals surface area contributed by atoms with Crippen LogP contribution in [-0.2, 0) is 29.5 Å². The van der Waals surface area contributed by atoms with Gasteiger partial charge < -0.3 is 14.6 Å². The maximum atomic E-state index is 12.9. The Morgan fingerprint density at radius 3 is 2.02 bits per heavy atom. The van der Waals surface area contributed by atoms with Crippen LogP contribution < -0.4 is 10.9 Å². The number of carbonyl (C=O) groups is 1. The number of H-pyrrole nitrogens is 1. The van der Waals surface area contributed by atoms with Gasteiger partial charge in [-0.1, -0.05) is 105 Å². The van der Waals surface area contributed by atoms with Gasteiger partial charge in [0.05, 0.1) is 19.5 Å². The summed E-state index contributed by atoms with van der Waals surface area (Å²) in [5.74, 6) is -2.51. The molecule has 0 spiro atoms. The minimum absolute atomic E-state index is 0.0248. The molecule has 3 aromatic carbocycles. The first-order valence-electron chi connectivity index (χ1n) is 15.3. The van der Waals surface area contributed by atoms with Crippen LogP contribution in [-0.4, -0.2) is 62.7 Å². The van der Waals surface area contributed by atoms with Gasteiger partial charge in [0.15, 0.2) is 11.2 Å². The molecule has 1 fully saturated rings. The maximum absolute atomic E-state index is 12.9. The molecule has 3 N–H and O–H groups in total. The van der Waals surface area contributed by atoms with Gasteiger partial charge >= 0.3 is 0 Å². The van der Waals surface area contributed by atoms with Gasteiger partial charge in [-0.3, -0.25) is 24.5 Å². The molecule has 1 aliphatic rings. The van der Waals surface area contributed by atoms with Crippen molar-refractivity contribution in [2.24, 2.45) is 5.92 Å². The summed E-state index contributed by atoms with van der Waals surface area (Å²) in [7, 11) is 2.87. The third kappa shape index (κ3) is 5.43. The average Bonchev–Trinajstić information content (AvgIpc) is 3.70. The number of aromatic amines is 1. The molecule has 6 rings (SSSR count). The van der Waals surface area contributed by atoms with Gasteiger partial charge in [-0.2, -0.15) is 9.87 Å². The Hall–Kier alpha value is -4.72. The molecule has 12 nitrogen and oxygen atoms in total. The Balaban J connectivity index is 1.53. The normalized spacial score (nSPS) is 19.6. The van der Waals surface area contributed by atoms with E-state index < -0.39 is 35.2 Å². The number of nitrogens with one attached hydrogen (secondary N) is 2. The summed E-state index contributed by atoms with van der Waals surface area (Å²) in [5, 5.41) is 14.5. The highest BCUT2D eigenvalue weighted by atomic mass is 17.2. The van der Waals surface area contributed by atoms with Crippen molar-refractivity contribution in [3.8, 4) is 0 Å². The zero-order valence-electron chi connectivity index (χ0n) is 26.5. The van der Waals surface area contributed by atoms with Crippen LogP contribution in [0.4, 0.5) is 5.95 Å². The predicted octanol–water partition coefficient (Wildman–Crippen LogP) is 4.32. The second-order valence-corrected chi connectivity index (χ2v) is 11.7. The number of aliphatic hydroxyl groups excluding tert-OH is 1. The van der Waals surface area contributed by atoms with E-state index in [1.807, 2.05) is 91.0 Å². The van der Waals surface area contributed by atoms with Crippen molar-refractivity contribution in [1.82, 2.24) is 19.5 Å². The average molecular weight is 640 g/mol. The number of fused-ring (bicyclic) bond motifs is 1. The number of carbonyl (C=O) groups excluding carboxylic acids is 1. The van der Waals surface area contributed by atoms with E-state index in [1.165, 1.54) is 20.5 Å². The standard InChI is InChI=1S/C35H37N5O7/c1-22(2)31(42)38-33-37-30-28(32(43)39-33)36-21-40(30)27-20-26(41)29(46-27)35(44-3,47-45-4)34(23-14-8-5-9-15-23,24-16-10-6-11-17-24)25-18-12-7-13-19-25/h5-19,21-22,26-27,29,41H,20H2,1-4H3,(H2,37,38,39,42,43)/t26-,27+,29-,35-/m0/s1. The molecule has 244 valence electrons. The third-order valence-corrected chi connectivity index (χ3v) is 8.63. The molecular weight excluding hydrogens is 602 g/mol. The van der Waals surface area contributed by atoms with E-state index in [-0.39, 0.29) is 35.4 Å². The quantitative estimate of drug-likeness (QED) is 0.0831. The lowest BCUT2D eigenvalue weighted by atomic mass is 9.61. The van der Waals surface area contributed by atoms with Gasteiger partial charge in [-0.15, -0.1) is 0 Å². The number of amides is 1. The topological polar surface area (TPSA) is 150 Å². The van der Waals surface area contributed by atoms with Crippen molar-refractivity contribution < 1.29 is 29.1 Å². The fourth-order valence-corrected chi connectivity index (χ4v) is 6.54. The van der Waals surface area contributed by atoms with Crippen LogP contribution in [0.5, 0.6) is 0 Å². The number of benzene rings is 3. The zero-order valence-corrected chi connectivity index (χ0v) is 26.5. The molecule has 1 amide bonds. The Bertz CT molecular complexity index is 1780. The number of anilines is 1. The molecule has 0 unspecified atom stereocenters. The summed E-state index contributed by atoms with van der Waals surface area (Å²) < 4.78 is 14.7. The second-order valence-electron chi connectivity index (χ2n) is 11.7. The van der Waals surface area contributed by atoms with Crippen molar-refractivity contribution in [2.75, 3.05) is 19.5 Å². The molecule has 12 heteroatoms. The van der Waals surface area contributed by atoms with Crippen molar-refractivity contribution in [3.05, 3.63) is 124 Å². The number of rotatable bonds is 11. The van der Waals surface area contributed by atoms with Gasteiger partial charge in [0, 0.05) is 19.4 Å². The molecule has 3 heterocycles. The molecule has 1 saturated heterocycles. The van der Waals surface area contributed by atoms with E-state index in [0.717, 1.165) is 16.7 Å². The predicted molar refractivity (Wildman–Crippen MR) is 173 cm³/mol. The lowest BCUT2D eigenvalue weighted by molar-refractivity contribution is -0.452. The van der Waals surface area contributed by atoms with Crippen LogP contribution in [0.1, 0.15) is 43.2 Å². The SMILES string of the molecule is COO[C@@](OC)([C@H]1O[C@@H](n2cnc3c(=O)[nH]c(NC(=O)C(C)C)nc32)C[C@@H]1O)C(c1ccccc1)(c1ccccc1)c1ccccc1. The summed E-state index contributed by atoms with van der Waals surface area (Å²) in [5.41, 5.74) is 0.803. The smallest absolute Gasteiger partial charge is 0.280 e. The van der Waals surface area contributed by atoms with Crippen LogP contribution in [0.3, 0.4) is 0 Å². The number of hydrogen-bond acceptors (Lipinski definition) is 9. The first-order chi connectivity index (χ1) is 22.8. The molecule has 0 bridgehead atoms. The van der Waals surface area contributed by atoms with Gasteiger partial charge in [0.25, 0.3) is 5.56 Å². The molecule has 47 heavy (non-hydrogen) atoms. The number of aliphatic hydroxyl groups is 1. The minimum Gasteiger partial charge on any atom is -0.390 e. The lowest BCUT2D eigenvalue weighted by Gasteiger charge is -2.51. The number of imidazole rings is 1. The van der Waals surface area contributed by atoms with E-state index in [0.29, 0.717) is 0 Å². The first-order valence-corrected chi connectivity index (χ1v) is 15.3. The van der Waals surface area contributed by atoms with Gasteiger partial charge in [0.2, 0.25) is 17.6 Å². The van der Waals surface area contributed by atoms with Crippen LogP contribution in [0.2, 0.25) is 0 Å². The van der Waals surface area contributed by atoms with Gasteiger partial charge in [0.1, 0.15) is 17.7 Å². The summed E-state index contributed by atoms with van der Waals surface area (Å²) in [6.07, 6.45) is -1.71. The van der Waals surface area contributed by atoms with Crippen molar-refractivity contribution in [3.63, 3.8) is 0 Å². The highest BCUT2D eigenvalue weighted by Gasteiger charge is 2.66. The summed E-state index contributed by atoms with van der Waals surface area (Å²) in [4.78, 5) is 48.4. The fourth-order valence-electron chi connectivity index (χ4n) is 6.54. The molecule has 1 aliphatic heterocycles. The summed E-state index contributed by atoms with van der Waals surface area (Å²) in [6, 6.07) is 29.1. The molecule has 0 saturated carbocycles.